The number of anilines is 2. The average Bonchev–Trinajstić information content (AvgIpc) is 2.43. The smallest absolute Gasteiger partial charge is 0.225 e. The number of halogens is 1. The van der Waals surface area contributed by atoms with Crippen molar-refractivity contribution in [2.24, 2.45) is 0 Å². The summed E-state index contributed by atoms with van der Waals surface area (Å²) in [4.78, 5) is 15.9. The molecule has 3 N–H and O–H groups in total. The van der Waals surface area contributed by atoms with Gasteiger partial charge in [0.2, 0.25) is 5.91 Å². The summed E-state index contributed by atoms with van der Waals surface area (Å²) in [7, 11) is 0. The fraction of sp³-hybridized carbons (Fsp3) is 0.143. The molecule has 0 fully saturated rings. The van der Waals surface area contributed by atoms with E-state index in [2.05, 4.69) is 10.3 Å². The molecule has 0 unspecified atom stereocenters. The second-order valence-electron chi connectivity index (χ2n) is 4.06. The molecule has 1 amide bonds. The third-order valence-corrected chi connectivity index (χ3v) is 3.91. The van der Waals surface area contributed by atoms with Crippen molar-refractivity contribution >= 4 is 40.6 Å². The molecular weight excluding hydrogens is 294 g/mol. The van der Waals surface area contributed by atoms with E-state index in [9.17, 15) is 4.79 Å². The first-order valence-electron chi connectivity index (χ1n) is 6.04. The van der Waals surface area contributed by atoms with Gasteiger partial charge >= 0.3 is 0 Å². The molecule has 4 nitrogen and oxygen atoms in total. The quantitative estimate of drug-likeness (QED) is 0.656. The number of pyridine rings is 1. The lowest BCUT2D eigenvalue weighted by Crippen LogP contribution is -2.12. The molecule has 0 radical (unpaired) electrons. The van der Waals surface area contributed by atoms with E-state index in [4.69, 9.17) is 17.3 Å². The Morgan fingerprint density at radius 2 is 2.05 bits per heavy atom. The fourth-order valence-corrected chi connectivity index (χ4v) is 2.62. The summed E-state index contributed by atoms with van der Waals surface area (Å²) in [6.45, 7) is 0. The van der Waals surface area contributed by atoms with Crippen molar-refractivity contribution in [2.75, 3.05) is 16.8 Å². The topological polar surface area (TPSA) is 68.0 Å². The molecule has 0 aliphatic rings. The molecule has 1 aromatic carbocycles. The number of nitrogen functional groups attached to an aromatic ring is 1. The van der Waals surface area contributed by atoms with Crippen LogP contribution in [0, 0.1) is 0 Å². The normalized spacial score (nSPS) is 10.2. The zero-order valence-electron chi connectivity index (χ0n) is 10.7. The number of amides is 1. The first-order chi connectivity index (χ1) is 9.65. The lowest BCUT2D eigenvalue weighted by molar-refractivity contribution is -0.115. The number of carbonyl (C=O) groups excluding carboxylic acids is 1. The van der Waals surface area contributed by atoms with Crippen molar-refractivity contribution in [3.63, 3.8) is 0 Å². The third-order valence-electron chi connectivity index (χ3n) is 2.49. The van der Waals surface area contributed by atoms with E-state index in [0.29, 0.717) is 22.9 Å². The number of nitrogens with two attached hydrogens (primary N) is 1. The van der Waals surface area contributed by atoms with Crippen LogP contribution in [0.2, 0.25) is 5.02 Å². The highest BCUT2D eigenvalue weighted by Crippen LogP contribution is 2.24. The Labute approximate surface area is 126 Å². The van der Waals surface area contributed by atoms with Gasteiger partial charge in [-0.3, -0.25) is 4.79 Å². The molecule has 0 saturated heterocycles. The number of aromatic nitrogens is 1. The van der Waals surface area contributed by atoms with Crippen molar-refractivity contribution in [1.29, 1.82) is 0 Å². The highest BCUT2D eigenvalue weighted by molar-refractivity contribution is 7.99. The van der Waals surface area contributed by atoms with Crippen molar-refractivity contribution < 1.29 is 4.79 Å². The van der Waals surface area contributed by atoms with Crippen LogP contribution in [-0.4, -0.2) is 16.6 Å². The predicted octanol–water partition coefficient (Wildman–Crippen LogP) is 3.44. The van der Waals surface area contributed by atoms with Crippen LogP contribution in [0.1, 0.15) is 6.42 Å². The number of hydrogen-bond donors (Lipinski definition) is 2. The van der Waals surface area contributed by atoms with Crippen LogP contribution in [0.25, 0.3) is 0 Å². The lowest BCUT2D eigenvalue weighted by Gasteiger charge is -2.05. The summed E-state index contributed by atoms with van der Waals surface area (Å²) >= 11 is 7.45. The summed E-state index contributed by atoms with van der Waals surface area (Å²) in [6, 6.07) is 10.6. The minimum atomic E-state index is -0.0469. The maximum absolute atomic E-state index is 11.8. The molecule has 0 atom stereocenters. The Balaban J connectivity index is 1.78. The molecule has 20 heavy (non-hydrogen) atoms. The fourth-order valence-electron chi connectivity index (χ4n) is 1.51. The zero-order chi connectivity index (χ0) is 14.4. The number of hydrogen-bond acceptors (Lipinski definition) is 4. The summed E-state index contributed by atoms with van der Waals surface area (Å²) in [5.41, 5.74) is 6.99. The van der Waals surface area contributed by atoms with E-state index in [1.807, 2.05) is 0 Å². The van der Waals surface area contributed by atoms with Crippen molar-refractivity contribution in [3.8, 4) is 0 Å². The predicted molar refractivity (Wildman–Crippen MR) is 84.1 cm³/mol. The molecule has 1 heterocycles. The van der Waals surface area contributed by atoms with Crippen molar-refractivity contribution in [2.45, 2.75) is 11.4 Å². The molecule has 1 aromatic heterocycles. The molecule has 0 bridgehead atoms. The Morgan fingerprint density at radius 3 is 2.75 bits per heavy atom. The minimum Gasteiger partial charge on any atom is -0.399 e. The van der Waals surface area contributed by atoms with Crippen LogP contribution in [0.15, 0.2) is 47.6 Å². The molecule has 0 aliphatic heterocycles. The van der Waals surface area contributed by atoms with E-state index in [-0.39, 0.29) is 5.91 Å². The van der Waals surface area contributed by atoms with Gasteiger partial charge in [-0.25, -0.2) is 4.98 Å². The monoisotopic (exact) mass is 307 g/mol. The summed E-state index contributed by atoms with van der Waals surface area (Å²) < 4.78 is 0. The number of rotatable bonds is 5. The lowest BCUT2D eigenvalue weighted by atomic mass is 10.3. The Hall–Kier alpha value is -1.72. The molecule has 0 spiro atoms. The van der Waals surface area contributed by atoms with Crippen LogP contribution in [0.5, 0.6) is 0 Å². The SMILES string of the molecule is Nc1ccc(NC(=O)CCSc2ncccc2Cl)cc1. The summed E-state index contributed by atoms with van der Waals surface area (Å²) in [6.07, 6.45) is 2.07. The van der Waals surface area contributed by atoms with Gasteiger partial charge in [-0.05, 0) is 36.4 Å². The van der Waals surface area contributed by atoms with Gasteiger partial charge in [0, 0.05) is 29.7 Å². The van der Waals surface area contributed by atoms with Gasteiger partial charge in [0.05, 0.1) is 5.02 Å². The van der Waals surface area contributed by atoms with Crippen LogP contribution in [-0.2, 0) is 4.79 Å². The molecule has 2 rings (SSSR count). The number of benzene rings is 1. The van der Waals surface area contributed by atoms with E-state index in [1.54, 1.807) is 42.6 Å². The summed E-state index contributed by atoms with van der Waals surface area (Å²) in [5, 5.41) is 4.16. The Kier molecular flexibility index (Phi) is 5.26. The maximum atomic E-state index is 11.8. The molecular formula is C14H14ClN3OS. The number of carbonyl (C=O) groups is 1. The van der Waals surface area contributed by atoms with Gasteiger partial charge in [0.25, 0.3) is 0 Å². The third kappa shape index (κ3) is 4.43. The van der Waals surface area contributed by atoms with E-state index < -0.39 is 0 Å². The highest BCUT2D eigenvalue weighted by atomic mass is 35.5. The molecule has 0 saturated carbocycles. The van der Waals surface area contributed by atoms with E-state index in [1.165, 1.54) is 11.8 Å². The van der Waals surface area contributed by atoms with Crippen LogP contribution < -0.4 is 11.1 Å². The van der Waals surface area contributed by atoms with Gasteiger partial charge in [-0.1, -0.05) is 11.6 Å². The Bertz CT molecular complexity index is 589. The highest BCUT2D eigenvalue weighted by Gasteiger charge is 2.05. The molecule has 104 valence electrons. The maximum Gasteiger partial charge on any atom is 0.225 e. The first-order valence-corrected chi connectivity index (χ1v) is 7.40. The Morgan fingerprint density at radius 1 is 1.30 bits per heavy atom. The van der Waals surface area contributed by atoms with Gasteiger partial charge in [0.15, 0.2) is 0 Å². The van der Waals surface area contributed by atoms with Gasteiger partial charge in [-0.15, -0.1) is 11.8 Å². The zero-order valence-corrected chi connectivity index (χ0v) is 12.2. The van der Waals surface area contributed by atoms with Crippen LogP contribution in [0.3, 0.4) is 0 Å². The first kappa shape index (κ1) is 14.7. The van der Waals surface area contributed by atoms with E-state index in [0.717, 1.165) is 10.7 Å². The van der Waals surface area contributed by atoms with Gasteiger partial charge in [-0.2, -0.15) is 0 Å². The minimum absolute atomic E-state index is 0.0469. The van der Waals surface area contributed by atoms with Gasteiger partial charge in [0.1, 0.15) is 5.03 Å². The number of thioether (sulfide) groups is 1. The van der Waals surface area contributed by atoms with Gasteiger partial charge < -0.3 is 11.1 Å². The molecule has 2 aromatic rings. The second kappa shape index (κ2) is 7.17. The number of nitrogens with one attached hydrogen (secondary N) is 1. The van der Waals surface area contributed by atoms with E-state index >= 15 is 0 Å². The average molecular weight is 308 g/mol. The van der Waals surface area contributed by atoms with Crippen LogP contribution >= 0.6 is 23.4 Å². The van der Waals surface area contributed by atoms with Crippen molar-refractivity contribution in [1.82, 2.24) is 4.98 Å². The van der Waals surface area contributed by atoms with Crippen molar-refractivity contribution in [3.05, 3.63) is 47.6 Å². The standard InChI is InChI=1S/C14H14ClN3OS/c15-12-2-1-8-17-14(12)20-9-7-13(19)18-11-5-3-10(16)4-6-11/h1-6,8H,7,9,16H2,(H,18,19). The molecule has 6 heteroatoms. The van der Waals surface area contributed by atoms with Crippen LogP contribution in [0.4, 0.5) is 11.4 Å². The number of nitrogens with zero attached hydrogens (tertiary/aromatic N) is 1. The molecule has 0 aliphatic carbocycles. The second-order valence-corrected chi connectivity index (χ2v) is 5.55. The summed E-state index contributed by atoms with van der Waals surface area (Å²) in [5.74, 6) is 0.576. The largest absolute Gasteiger partial charge is 0.399 e.